The maximum absolute atomic E-state index is 15.6. The molecule has 25 heavy (non-hydrogen) atoms. The number of hydrogen-bond acceptors (Lipinski definition) is 6. The number of piperidine rings is 1. The Labute approximate surface area is 149 Å². The van der Waals surface area contributed by atoms with Gasteiger partial charge in [-0.25, -0.2) is 4.39 Å². The number of aryl methyl sites for hydroxylation is 1. The van der Waals surface area contributed by atoms with Gasteiger partial charge in [-0.1, -0.05) is 5.16 Å². The van der Waals surface area contributed by atoms with Gasteiger partial charge in [0, 0.05) is 35.9 Å². The smallest absolute Gasteiger partial charge is 0.265 e. The van der Waals surface area contributed by atoms with Gasteiger partial charge in [-0.15, -0.1) is 11.3 Å². The molecule has 3 aromatic heterocycles. The standard InChI is InChI=1S/C18H19FN4OS/c1-13-5-10-25-15(13)11-23-9-2-6-18(19,12-23)17-21-16(22-24-17)14-3-7-20-8-4-14/h3-5,7-8,10H,2,6,9,11-12H2,1H3. The molecule has 1 atom stereocenters. The van der Waals surface area contributed by atoms with Crippen molar-refractivity contribution in [2.45, 2.75) is 32.0 Å². The molecule has 1 fully saturated rings. The number of rotatable bonds is 4. The molecule has 0 aromatic carbocycles. The summed E-state index contributed by atoms with van der Waals surface area (Å²) in [7, 11) is 0. The number of thiophene rings is 1. The van der Waals surface area contributed by atoms with Crippen LogP contribution in [0.1, 0.15) is 29.2 Å². The molecular weight excluding hydrogens is 339 g/mol. The van der Waals surface area contributed by atoms with E-state index in [1.807, 2.05) is 0 Å². The van der Waals surface area contributed by atoms with Crippen molar-refractivity contribution in [2.75, 3.05) is 13.1 Å². The lowest BCUT2D eigenvalue weighted by atomic mass is 9.94. The quantitative estimate of drug-likeness (QED) is 0.706. The highest BCUT2D eigenvalue weighted by atomic mass is 32.1. The van der Waals surface area contributed by atoms with Crippen molar-refractivity contribution in [3.05, 3.63) is 52.3 Å². The molecule has 7 heteroatoms. The van der Waals surface area contributed by atoms with Crippen molar-refractivity contribution >= 4 is 11.3 Å². The summed E-state index contributed by atoms with van der Waals surface area (Å²) in [6.45, 7) is 4.02. The number of likely N-dealkylation sites (tertiary alicyclic amines) is 1. The van der Waals surface area contributed by atoms with Crippen LogP contribution in [-0.2, 0) is 12.2 Å². The van der Waals surface area contributed by atoms with E-state index in [0.29, 0.717) is 12.2 Å². The van der Waals surface area contributed by atoms with Gasteiger partial charge in [0.1, 0.15) is 0 Å². The zero-order valence-corrected chi connectivity index (χ0v) is 14.8. The number of hydrogen-bond donors (Lipinski definition) is 0. The number of pyridine rings is 1. The third-order valence-corrected chi connectivity index (χ3v) is 5.61. The number of alkyl halides is 1. The van der Waals surface area contributed by atoms with Gasteiger partial charge in [-0.3, -0.25) is 9.88 Å². The van der Waals surface area contributed by atoms with Gasteiger partial charge < -0.3 is 4.52 Å². The molecule has 4 rings (SSSR count). The minimum atomic E-state index is -1.60. The van der Waals surface area contributed by atoms with Crippen LogP contribution in [0.25, 0.3) is 11.4 Å². The summed E-state index contributed by atoms with van der Waals surface area (Å²) in [5, 5.41) is 6.03. The Morgan fingerprint density at radius 3 is 2.92 bits per heavy atom. The Kier molecular flexibility index (Phi) is 4.35. The van der Waals surface area contributed by atoms with Crippen LogP contribution in [0.15, 0.2) is 40.5 Å². The summed E-state index contributed by atoms with van der Waals surface area (Å²) in [6.07, 6.45) is 4.49. The molecule has 1 aliphatic heterocycles. The second kappa shape index (κ2) is 6.65. The SMILES string of the molecule is Cc1ccsc1CN1CCCC(F)(c2nc(-c3ccncc3)no2)C1. The molecule has 5 nitrogen and oxygen atoms in total. The van der Waals surface area contributed by atoms with Gasteiger partial charge in [0.15, 0.2) is 0 Å². The summed E-state index contributed by atoms with van der Waals surface area (Å²) in [6, 6.07) is 5.67. The Bertz CT molecular complexity index is 850. The Morgan fingerprint density at radius 1 is 1.32 bits per heavy atom. The first-order valence-electron chi connectivity index (χ1n) is 8.33. The second-order valence-corrected chi connectivity index (χ2v) is 7.47. The predicted octanol–water partition coefficient (Wildman–Crippen LogP) is 3.96. The third kappa shape index (κ3) is 3.34. The first kappa shape index (κ1) is 16.4. The highest BCUT2D eigenvalue weighted by Gasteiger charge is 2.42. The molecule has 0 radical (unpaired) electrons. The highest BCUT2D eigenvalue weighted by molar-refractivity contribution is 7.10. The summed E-state index contributed by atoms with van der Waals surface area (Å²) >= 11 is 1.72. The fourth-order valence-electron chi connectivity index (χ4n) is 3.20. The van der Waals surface area contributed by atoms with E-state index >= 15 is 4.39 Å². The van der Waals surface area contributed by atoms with Crippen molar-refractivity contribution in [1.82, 2.24) is 20.0 Å². The van der Waals surface area contributed by atoms with Gasteiger partial charge in [-0.2, -0.15) is 4.98 Å². The van der Waals surface area contributed by atoms with E-state index in [1.54, 1.807) is 35.9 Å². The number of halogens is 1. The normalized spacial score (nSPS) is 21.5. The molecule has 0 N–H and O–H groups in total. The van der Waals surface area contributed by atoms with Crippen LogP contribution in [0.5, 0.6) is 0 Å². The molecule has 3 aromatic rings. The maximum atomic E-state index is 15.6. The summed E-state index contributed by atoms with van der Waals surface area (Å²) < 4.78 is 20.9. The average Bonchev–Trinajstić information content (AvgIpc) is 3.26. The van der Waals surface area contributed by atoms with Crippen molar-refractivity contribution in [2.24, 2.45) is 0 Å². The predicted molar refractivity (Wildman–Crippen MR) is 93.9 cm³/mol. The van der Waals surface area contributed by atoms with Crippen LogP contribution in [0.4, 0.5) is 4.39 Å². The fraction of sp³-hybridized carbons (Fsp3) is 0.389. The molecule has 0 saturated carbocycles. The van der Waals surface area contributed by atoms with Crippen LogP contribution < -0.4 is 0 Å². The molecule has 0 bridgehead atoms. The van der Waals surface area contributed by atoms with Gasteiger partial charge >= 0.3 is 0 Å². The molecule has 0 aliphatic carbocycles. The van der Waals surface area contributed by atoms with E-state index in [9.17, 15) is 0 Å². The van der Waals surface area contributed by atoms with Gasteiger partial charge in [0.25, 0.3) is 5.89 Å². The van der Waals surface area contributed by atoms with E-state index in [0.717, 1.165) is 25.1 Å². The van der Waals surface area contributed by atoms with E-state index in [-0.39, 0.29) is 12.4 Å². The first-order valence-corrected chi connectivity index (χ1v) is 9.21. The lowest BCUT2D eigenvalue weighted by Crippen LogP contribution is -2.43. The third-order valence-electron chi connectivity index (χ3n) is 4.60. The van der Waals surface area contributed by atoms with Crippen LogP contribution >= 0.6 is 11.3 Å². The van der Waals surface area contributed by atoms with Gasteiger partial charge in [-0.05, 0) is 55.5 Å². The van der Waals surface area contributed by atoms with E-state index in [1.165, 1.54) is 10.4 Å². The first-order chi connectivity index (χ1) is 12.1. The number of nitrogens with zero attached hydrogens (tertiary/aromatic N) is 4. The van der Waals surface area contributed by atoms with Crippen LogP contribution in [-0.4, -0.2) is 33.1 Å². The molecule has 1 unspecified atom stereocenters. The summed E-state index contributed by atoms with van der Waals surface area (Å²) in [4.78, 5) is 11.7. The van der Waals surface area contributed by atoms with Crippen LogP contribution in [0, 0.1) is 6.92 Å². The van der Waals surface area contributed by atoms with Gasteiger partial charge in [0.05, 0.1) is 0 Å². The Hall–Kier alpha value is -2.12. The summed E-state index contributed by atoms with van der Waals surface area (Å²) in [5.74, 6) is 0.479. The molecule has 1 saturated heterocycles. The monoisotopic (exact) mass is 358 g/mol. The average molecular weight is 358 g/mol. The van der Waals surface area contributed by atoms with E-state index in [2.05, 4.69) is 38.4 Å². The van der Waals surface area contributed by atoms with Crippen molar-refractivity contribution < 1.29 is 8.91 Å². The minimum Gasteiger partial charge on any atom is -0.335 e. The highest BCUT2D eigenvalue weighted by Crippen LogP contribution is 2.36. The van der Waals surface area contributed by atoms with Crippen molar-refractivity contribution in [1.29, 1.82) is 0 Å². The maximum Gasteiger partial charge on any atom is 0.265 e. The zero-order chi connectivity index (χ0) is 17.3. The van der Waals surface area contributed by atoms with Crippen LogP contribution in [0.3, 0.4) is 0 Å². The Morgan fingerprint density at radius 2 is 2.16 bits per heavy atom. The molecule has 0 spiro atoms. The number of aromatic nitrogens is 3. The molecule has 1 aliphatic rings. The summed E-state index contributed by atoms with van der Waals surface area (Å²) in [5.41, 5.74) is 0.440. The molecular formula is C18H19FN4OS. The fourth-order valence-corrected chi connectivity index (χ4v) is 4.15. The topological polar surface area (TPSA) is 55.1 Å². The van der Waals surface area contributed by atoms with Crippen molar-refractivity contribution in [3.8, 4) is 11.4 Å². The van der Waals surface area contributed by atoms with Crippen LogP contribution in [0.2, 0.25) is 0 Å². The minimum absolute atomic E-state index is 0.0758. The van der Waals surface area contributed by atoms with Crippen molar-refractivity contribution in [3.63, 3.8) is 0 Å². The van der Waals surface area contributed by atoms with E-state index in [4.69, 9.17) is 4.52 Å². The zero-order valence-electron chi connectivity index (χ0n) is 14.0. The lowest BCUT2D eigenvalue weighted by molar-refractivity contribution is 0.0127. The molecule has 130 valence electrons. The molecule has 0 amide bonds. The largest absolute Gasteiger partial charge is 0.335 e. The Balaban J connectivity index is 1.53. The lowest BCUT2D eigenvalue weighted by Gasteiger charge is -2.34. The second-order valence-electron chi connectivity index (χ2n) is 6.47. The van der Waals surface area contributed by atoms with Gasteiger partial charge in [0.2, 0.25) is 11.5 Å². The molecule has 4 heterocycles. The van der Waals surface area contributed by atoms with E-state index < -0.39 is 5.67 Å².